The fourth-order valence-corrected chi connectivity index (χ4v) is 4.53. The Bertz CT molecular complexity index is 1570. The van der Waals surface area contributed by atoms with Gasteiger partial charge in [-0.25, -0.2) is 13.6 Å². The molecule has 8 nitrogen and oxygen atoms in total. The molecule has 0 unspecified atom stereocenters. The number of thiocarbonyl (C=S) groups is 1. The molecular weight excluding hydrogens is 494 g/mol. The summed E-state index contributed by atoms with van der Waals surface area (Å²) in [6, 6.07) is 21.8. The topological polar surface area (TPSA) is 122 Å². The number of nitrogens with two attached hydrogens (primary N) is 1. The monoisotopic (exact) mass is 521 g/mol. The fraction of sp³-hybridized carbons (Fsp3) is 0.192. The van der Waals surface area contributed by atoms with E-state index in [2.05, 4.69) is 42.4 Å². The van der Waals surface area contributed by atoms with Gasteiger partial charge in [0.25, 0.3) is 0 Å². The lowest BCUT2D eigenvalue weighted by atomic mass is 9.86. The van der Waals surface area contributed by atoms with E-state index in [9.17, 15) is 13.5 Å². The molecule has 3 aromatic carbocycles. The standard InChI is InChI=1S/C26H27N5O3S2/c1-26(2,3)18-12-13-22-21(14-18)23(24(32)31(22)16-17-8-5-4-6-9-17)29-30-25(35)28-19-10-7-11-20(15-19)36(27,33)34/h4-15,32H,16H2,1-3H3,(H,28,35)(H2,27,33,34). The molecule has 0 saturated heterocycles. The smallest absolute Gasteiger partial charge is 0.238 e. The van der Waals surface area contributed by atoms with Gasteiger partial charge in [-0.3, -0.25) is 0 Å². The van der Waals surface area contributed by atoms with Gasteiger partial charge < -0.3 is 15.0 Å². The van der Waals surface area contributed by atoms with Crippen molar-refractivity contribution in [2.45, 2.75) is 37.6 Å². The average Bonchev–Trinajstić information content (AvgIpc) is 3.07. The highest BCUT2D eigenvalue weighted by molar-refractivity contribution is 7.89. The molecule has 0 fully saturated rings. The number of azo groups is 1. The number of hydrogen-bond acceptors (Lipinski definition) is 5. The normalized spacial score (nSPS) is 12.3. The summed E-state index contributed by atoms with van der Waals surface area (Å²) in [5.74, 6) is -0.0253. The summed E-state index contributed by atoms with van der Waals surface area (Å²) in [6.45, 7) is 6.80. The van der Waals surface area contributed by atoms with Gasteiger partial charge in [-0.1, -0.05) is 63.2 Å². The Hall–Kier alpha value is -3.60. The zero-order chi connectivity index (χ0) is 26.1. The van der Waals surface area contributed by atoms with Crippen LogP contribution in [0.3, 0.4) is 0 Å². The second-order valence-corrected chi connectivity index (χ2v) is 11.4. The molecule has 4 aromatic rings. The Morgan fingerprint density at radius 1 is 1.06 bits per heavy atom. The first-order valence-corrected chi connectivity index (χ1v) is 13.1. The maximum Gasteiger partial charge on any atom is 0.238 e. The molecular formula is C26H27N5O3S2. The van der Waals surface area contributed by atoms with Crippen molar-refractivity contribution >= 4 is 49.6 Å². The van der Waals surface area contributed by atoms with Crippen molar-refractivity contribution in [1.29, 1.82) is 0 Å². The van der Waals surface area contributed by atoms with Crippen molar-refractivity contribution in [3.05, 3.63) is 83.9 Å². The number of anilines is 1. The highest BCUT2D eigenvalue weighted by atomic mass is 32.2. The first-order valence-electron chi connectivity index (χ1n) is 11.2. The second-order valence-electron chi connectivity index (χ2n) is 9.43. The van der Waals surface area contributed by atoms with Crippen LogP contribution in [0.15, 0.2) is 87.9 Å². The predicted molar refractivity (Wildman–Crippen MR) is 146 cm³/mol. The minimum atomic E-state index is -3.86. The van der Waals surface area contributed by atoms with Crippen LogP contribution in [-0.4, -0.2) is 23.2 Å². The molecule has 36 heavy (non-hydrogen) atoms. The number of sulfonamides is 1. The van der Waals surface area contributed by atoms with Crippen molar-refractivity contribution in [3.8, 4) is 5.88 Å². The molecule has 4 rings (SSSR count). The van der Waals surface area contributed by atoms with E-state index in [4.69, 9.17) is 17.4 Å². The molecule has 0 aliphatic carbocycles. The van der Waals surface area contributed by atoms with E-state index >= 15 is 0 Å². The Labute approximate surface area is 215 Å². The lowest BCUT2D eigenvalue weighted by Gasteiger charge is -2.19. The maximum absolute atomic E-state index is 11.6. The van der Waals surface area contributed by atoms with Gasteiger partial charge in [-0.2, -0.15) is 0 Å². The van der Waals surface area contributed by atoms with Gasteiger partial charge in [-0.05, 0) is 59.1 Å². The lowest BCUT2D eigenvalue weighted by molar-refractivity contribution is 0.429. The number of primary sulfonamides is 1. The zero-order valence-corrected chi connectivity index (χ0v) is 21.8. The van der Waals surface area contributed by atoms with Crippen LogP contribution in [0, 0.1) is 0 Å². The number of hydrogen-bond donors (Lipinski definition) is 3. The number of benzene rings is 3. The summed E-state index contributed by atoms with van der Waals surface area (Å²) < 4.78 is 25.0. The highest BCUT2D eigenvalue weighted by Gasteiger charge is 2.21. The number of aromatic nitrogens is 1. The molecule has 0 saturated carbocycles. The van der Waals surface area contributed by atoms with Gasteiger partial charge >= 0.3 is 0 Å². The molecule has 4 N–H and O–H groups in total. The minimum Gasteiger partial charge on any atom is -0.493 e. The SMILES string of the molecule is CC(C)(C)c1ccc2c(c1)c(N=NC(=S)Nc1cccc(S(N)(=O)=O)c1)c(O)n2Cc1ccccc1. The molecule has 1 aromatic heterocycles. The fourth-order valence-electron chi connectivity index (χ4n) is 3.81. The van der Waals surface area contributed by atoms with E-state index in [0.29, 0.717) is 17.9 Å². The summed E-state index contributed by atoms with van der Waals surface area (Å²) in [7, 11) is -3.86. The zero-order valence-electron chi connectivity index (χ0n) is 20.1. The first-order chi connectivity index (χ1) is 16.9. The molecule has 10 heteroatoms. The Balaban J connectivity index is 1.71. The third-order valence-corrected chi connectivity index (χ3v) is 6.81. The van der Waals surface area contributed by atoms with Crippen molar-refractivity contribution in [3.63, 3.8) is 0 Å². The van der Waals surface area contributed by atoms with Crippen molar-refractivity contribution in [2.75, 3.05) is 5.32 Å². The third-order valence-electron chi connectivity index (χ3n) is 5.71. The van der Waals surface area contributed by atoms with Crippen LogP contribution in [0.25, 0.3) is 10.9 Å². The summed E-state index contributed by atoms with van der Waals surface area (Å²) in [5, 5.41) is 28.3. The predicted octanol–water partition coefficient (Wildman–Crippen LogP) is 5.82. The Morgan fingerprint density at radius 2 is 1.78 bits per heavy atom. The summed E-state index contributed by atoms with van der Waals surface area (Å²) in [6.07, 6.45) is 0. The van der Waals surface area contributed by atoms with Crippen LogP contribution in [0.2, 0.25) is 0 Å². The molecule has 0 atom stereocenters. The van der Waals surface area contributed by atoms with Crippen LogP contribution in [0.4, 0.5) is 11.4 Å². The molecule has 0 bridgehead atoms. The van der Waals surface area contributed by atoms with Crippen LogP contribution in [-0.2, 0) is 22.0 Å². The van der Waals surface area contributed by atoms with Crippen LogP contribution >= 0.6 is 12.2 Å². The molecule has 0 aliphatic rings. The van der Waals surface area contributed by atoms with Crippen molar-refractivity contribution in [1.82, 2.24) is 4.57 Å². The summed E-state index contributed by atoms with van der Waals surface area (Å²) in [5.41, 5.74) is 3.53. The summed E-state index contributed by atoms with van der Waals surface area (Å²) in [4.78, 5) is -0.0522. The van der Waals surface area contributed by atoms with Gasteiger partial charge in [0.2, 0.25) is 21.0 Å². The molecule has 0 spiro atoms. The molecule has 186 valence electrons. The van der Waals surface area contributed by atoms with E-state index in [-0.39, 0.29) is 21.3 Å². The lowest BCUT2D eigenvalue weighted by Crippen LogP contribution is -2.13. The number of nitrogens with one attached hydrogen (secondary N) is 1. The highest BCUT2D eigenvalue weighted by Crippen LogP contribution is 2.41. The van der Waals surface area contributed by atoms with Gasteiger partial charge in [0.05, 0.1) is 17.0 Å². The number of fused-ring (bicyclic) bond motifs is 1. The van der Waals surface area contributed by atoms with E-state index in [1.807, 2.05) is 42.5 Å². The van der Waals surface area contributed by atoms with Crippen LogP contribution < -0.4 is 10.5 Å². The van der Waals surface area contributed by atoms with Crippen LogP contribution in [0.1, 0.15) is 31.9 Å². The maximum atomic E-state index is 11.6. The second kappa shape index (κ2) is 9.81. The van der Waals surface area contributed by atoms with E-state index < -0.39 is 10.0 Å². The number of aromatic hydroxyl groups is 1. The third kappa shape index (κ3) is 5.62. The van der Waals surface area contributed by atoms with Crippen molar-refractivity contribution < 1.29 is 13.5 Å². The minimum absolute atomic E-state index is 0.00287. The molecule has 0 radical (unpaired) electrons. The van der Waals surface area contributed by atoms with E-state index in [1.165, 1.54) is 12.1 Å². The largest absolute Gasteiger partial charge is 0.493 e. The first kappa shape index (κ1) is 25.5. The summed E-state index contributed by atoms with van der Waals surface area (Å²) >= 11 is 5.29. The Kier molecular flexibility index (Phi) is 6.94. The van der Waals surface area contributed by atoms with Gasteiger partial charge in [0, 0.05) is 11.1 Å². The van der Waals surface area contributed by atoms with E-state index in [1.54, 1.807) is 16.7 Å². The van der Waals surface area contributed by atoms with Crippen molar-refractivity contribution in [2.24, 2.45) is 15.4 Å². The van der Waals surface area contributed by atoms with Gasteiger partial charge in [0.1, 0.15) is 0 Å². The average molecular weight is 522 g/mol. The van der Waals surface area contributed by atoms with Gasteiger partial charge in [0.15, 0.2) is 5.69 Å². The number of nitrogens with zero attached hydrogens (tertiary/aromatic N) is 3. The number of rotatable bonds is 5. The van der Waals surface area contributed by atoms with Gasteiger partial charge in [-0.15, -0.1) is 10.2 Å². The van der Waals surface area contributed by atoms with E-state index in [0.717, 1.165) is 22.0 Å². The molecule has 0 amide bonds. The molecule has 0 aliphatic heterocycles. The van der Waals surface area contributed by atoms with Crippen LogP contribution in [0.5, 0.6) is 5.88 Å². The quantitative estimate of drug-likeness (QED) is 0.226. The Morgan fingerprint density at radius 3 is 2.44 bits per heavy atom. The molecule has 1 heterocycles.